The van der Waals surface area contributed by atoms with Crippen molar-refractivity contribution in [1.29, 1.82) is 0 Å². The van der Waals surface area contributed by atoms with E-state index in [9.17, 15) is 27.6 Å². The highest BCUT2D eigenvalue weighted by molar-refractivity contribution is 7.15. The second kappa shape index (κ2) is 8.85. The van der Waals surface area contributed by atoms with Crippen molar-refractivity contribution in [2.45, 2.75) is 70.9 Å². The molecule has 1 aromatic heterocycles. The van der Waals surface area contributed by atoms with E-state index >= 15 is 0 Å². The number of hydrogen-bond donors (Lipinski definition) is 3. The normalized spacial score (nSPS) is 22.9. The van der Waals surface area contributed by atoms with Crippen LogP contribution in [0.15, 0.2) is 6.20 Å². The molecule has 3 rings (SSSR count). The summed E-state index contributed by atoms with van der Waals surface area (Å²) < 4.78 is 38.6. The molecule has 2 unspecified atom stereocenters. The van der Waals surface area contributed by atoms with E-state index in [1.165, 1.54) is 5.48 Å². The number of hydrogen-bond acceptors (Lipinski definition) is 6. The molecule has 2 atom stereocenters. The number of hydroxylamine groups is 1. The molecule has 2 amide bonds. The van der Waals surface area contributed by atoms with E-state index in [1.54, 1.807) is 0 Å². The first-order valence-corrected chi connectivity index (χ1v) is 11.2. The largest absolute Gasteiger partial charge is 0.427 e. The minimum atomic E-state index is -4.57. The van der Waals surface area contributed by atoms with Gasteiger partial charge in [0.2, 0.25) is 11.8 Å². The van der Waals surface area contributed by atoms with Crippen molar-refractivity contribution in [3.63, 3.8) is 0 Å². The van der Waals surface area contributed by atoms with Crippen LogP contribution in [-0.4, -0.2) is 27.8 Å². The second-order valence-electron chi connectivity index (χ2n) is 8.68. The molecule has 3 N–H and O–H groups in total. The molecule has 2 aliphatic rings. The fraction of sp³-hybridized carbons (Fsp3) is 0.700. The smallest absolute Gasteiger partial charge is 0.301 e. The molecule has 11 heteroatoms. The highest BCUT2D eigenvalue weighted by Crippen LogP contribution is 2.64. The first kappa shape index (κ1) is 23.6. The van der Waals surface area contributed by atoms with Crippen LogP contribution in [0.5, 0.6) is 0 Å². The Balaban J connectivity index is 1.85. The average molecular weight is 462 g/mol. The van der Waals surface area contributed by atoms with Gasteiger partial charge < -0.3 is 5.32 Å². The topological polar surface area (TPSA) is 108 Å². The van der Waals surface area contributed by atoms with Gasteiger partial charge in [-0.15, -0.1) is 0 Å². The highest BCUT2D eigenvalue weighted by Gasteiger charge is 2.61. The maximum absolute atomic E-state index is 13.6. The van der Waals surface area contributed by atoms with Crippen molar-refractivity contribution in [1.82, 2.24) is 10.5 Å². The molecule has 0 aromatic carbocycles. The van der Waals surface area contributed by atoms with Crippen LogP contribution >= 0.6 is 11.3 Å². The fourth-order valence-electron chi connectivity index (χ4n) is 4.53. The molecular weight excluding hydrogens is 435 g/mol. The van der Waals surface area contributed by atoms with E-state index in [-0.39, 0.29) is 22.8 Å². The summed E-state index contributed by atoms with van der Waals surface area (Å²) in [7, 11) is 0. The molecule has 0 saturated heterocycles. The first-order valence-electron chi connectivity index (χ1n) is 10.4. The molecule has 7 nitrogen and oxygen atoms in total. The predicted octanol–water partition coefficient (Wildman–Crippen LogP) is 4.32. The van der Waals surface area contributed by atoms with E-state index in [4.69, 9.17) is 5.21 Å². The molecule has 1 heterocycles. The van der Waals surface area contributed by atoms with Crippen LogP contribution in [0.1, 0.15) is 69.6 Å². The maximum Gasteiger partial charge on any atom is 0.427 e. The zero-order valence-corrected chi connectivity index (χ0v) is 18.0. The maximum atomic E-state index is 13.6. The van der Waals surface area contributed by atoms with Crippen LogP contribution < -0.4 is 10.8 Å². The number of aromatic nitrogens is 1. The van der Waals surface area contributed by atoms with Crippen LogP contribution in [-0.2, 0) is 20.6 Å². The Morgan fingerprint density at radius 3 is 2.45 bits per heavy atom. The summed E-state index contributed by atoms with van der Waals surface area (Å²) in [5.74, 6) is -2.50. The molecule has 2 aliphatic carbocycles. The minimum absolute atomic E-state index is 0.0818. The van der Waals surface area contributed by atoms with E-state index in [0.29, 0.717) is 49.6 Å². The summed E-state index contributed by atoms with van der Waals surface area (Å²) in [5.41, 5.74) is 0.0480. The number of carbonyl (C=O) groups is 3. The Kier molecular flexibility index (Phi) is 6.75. The van der Waals surface area contributed by atoms with Gasteiger partial charge in [0, 0.05) is 12.3 Å². The van der Waals surface area contributed by atoms with Crippen LogP contribution in [0.2, 0.25) is 0 Å². The van der Waals surface area contributed by atoms with Crippen LogP contribution in [0.25, 0.3) is 0 Å². The molecule has 0 aliphatic heterocycles. The number of nitrogens with one attached hydrogen (secondary N) is 2. The van der Waals surface area contributed by atoms with Crippen molar-refractivity contribution >= 4 is 34.1 Å². The summed E-state index contributed by atoms with van der Waals surface area (Å²) in [4.78, 5) is 41.4. The molecule has 0 radical (unpaired) electrons. The Labute approximate surface area is 181 Å². The SMILES string of the molecule is CCCCC(CC(=O)NO)C(=O)C1(C(=O)Nc2ncc(C(F)(F)F)s2)CCC2(CC2)C1. The third-order valence-corrected chi connectivity index (χ3v) is 7.42. The number of ketones is 1. The lowest BCUT2D eigenvalue weighted by Crippen LogP contribution is -2.45. The number of carbonyl (C=O) groups excluding carboxylic acids is 3. The third-order valence-electron chi connectivity index (χ3n) is 6.46. The number of amides is 2. The monoisotopic (exact) mass is 461 g/mol. The number of thiazole rings is 1. The molecule has 1 aromatic rings. The van der Waals surface area contributed by atoms with Gasteiger partial charge in [-0.1, -0.05) is 31.1 Å². The van der Waals surface area contributed by atoms with E-state index in [2.05, 4.69) is 10.3 Å². The van der Waals surface area contributed by atoms with Gasteiger partial charge >= 0.3 is 6.18 Å². The summed E-state index contributed by atoms with van der Waals surface area (Å²) in [6.07, 6.45) is 0.793. The lowest BCUT2D eigenvalue weighted by Gasteiger charge is -2.30. The molecular formula is C20H26F3N3O4S. The number of nitrogens with zero attached hydrogens (tertiary/aromatic N) is 1. The van der Waals surface area contributed by atoms with Gasteiger partial charge in [0.05, 0.1) is 6.20 Å². The first-order chi connectivity index (χ1) is 14.5. The van der Waals surface area contributed by atoms with Gasteiger partial charge in [-0.05, 0) is 43.9 Å². The number of halogens is 3. The number of unbranched alkanes of at least 4 members (excludes halogenated alkanes) is 1. The molecule has 172 valence electrons. The standard InChI is InChI=1S/C20H26F3N3O4S/c1-2-3-4-12(9-14(27)26-30)15(28)19(8-7-18(11-19)5-6-18)16(29)25-17-24-10-13(31-17)20(21,22)23/h10,12,30H,2-9,11H2,1H3,(H,26,27)(H,24,25,29). The molecule has 0 bridgehead atoms. The lowest BCUT2D eigenvalue weighted by molar-refractivity contribution is -0.145. The predicted molar refractivity (Wildman–Crippen MR) is 106 cm³/mol. The fourth-order valence-corrected chi connectivity index (χ4v) is 5.21. The summed E-state index contributed by atoms with van der Waals surface area (Å²) in [5, 5.41) is 11.1. The number of rotatable bonds is 9. The minimum Gasteiger partial charge on any atom is -0.301 e. The van der Waals surface area contributed by atoms with Crippen molar-refractivity contribution in [2.75, 3.05) is 5.32 Å². The molecule has 2 fully saturated rings. The number of anilines is 1. The van der Waals surface area contributed by atoms with Crippen LogP contribution in [0, 0.1) is 16.7 Å². The second-order valence-corrected chi connectivity index (χ2v) is 9.71. The number of Topliss-reactive ketones (excluding diaryl/α,β-unsaturated/α-hetero) is 1. The number of alkyl halides is 3. The van der Waals surface area contributed by atoms with Crippen molar-refractivity contribution in [2.24, 2.45) is 16.7 Å². The molecule has 31 heavy (non-hydrogen) atoms. The van der Waals surface area contributed by atoms with Gasteiger partial charge in [-0.25, -0.2) is 10.5 Å². The Morgan fingerprint density at radius 2 is 1.94 bits per heavy atom. The van der Waals surface area contributed by atoms with E-state index in [1.807, 2.05) is 6.92 Å². The zero-order valence-electron chi connectivity index (χ0n) is 17.2. The van der Waals surface area contributed by atoms with E-state index in [0.717, 1.165) is 19.3 Å². The molecule has 2 saturated carbocycles. The Morgan fingerprint density at radius 1 is 1.26 bits per heavy atom. The zero-order chi connectivity index (χ0) is 22.9. The summed E-state index contributed by atoms with van der Waals surface area (Å²) in [6.45, 7) is 1.94. The van der Waals surface area contributed by atoms with Gasteiger partial charge in [-0.2, -0.15) is 13.2 Å². The Bertz CT molecular complexity index is 853. The van der Waals surface area contributed by atoms with Crippen LogP contribution in [0.3, 0.4) is 0 Å². The van der Waals surface area contributed by atoms with Gasteiger partial charge in [-0.3, -0.25) is 19.6 Å². The van der Waals surface area contributed by atoms with E-state index < -0.39 is 34.2 Å². The van der Waals surface area contributed by atoms with Gasteiger partial charge in [0.1, 0.15) is 10.3 Å². The molecule has 1 spiro atoms. The summed E-state index contributed by atoms with van der Waals surface area (Å²) >= 11 is 0.313. The van der Waals surface area contributed by atoms with Gasteiger partial charge in [0.25, 0.3) is 0 Å². The third kappa shape index (κ3) is 5.08. The van der Waals surface area contributed by atoms with Gasteiger partial charge in [0.15, 0.2) is 10.9 Å². The average Bonchev–Trinajstić information content (AvgIpc) is 3.12. The van der Waals surface area contributed by atoms with Crippen molar-refractivity contribution in [3.8, 4) is 0 Å². The highest BCUT2D eigenvalue weighted by atomic mass is 32.1. The quantitative estimate of drug-likeness (QED) is 0.288. The van der Waals surface area contributed by atoms with Crippen molar-refractivity contribution < 1.29 is 32.8 Å². The summed E-state index contributed by atoms with van der Waals surface area (Å²) in [6, 6.07) is 0. The lowest BCUT2D eigenvalue weighted by atomic mass is 9.72. The Hall–Kier alpha value is -2.01. The van der Waals surface area contributed by atoms with Crippen LogP contribution in [0.4, 0.5) is 18.3 Å². The van der Waals surface area contributed by atoms with Crippen molar-refractivity contribution in [3.05, 3.63) is 11.1 Å².